The highest BCUT2D eigenvalue weighted by Gasteiger charge is 2.39. The van der Waals surface area contributed by atoms with Crippen molar-refractivity contribution in [2.45, 2.75) is 13.3 Å². The van der Waals surface area contributed by atoms with E-state index in [9.17, 15) is 49.5 Å². The van der Waals surface area contributed by atoms with E-state index in [-0.39, 0.29) is 35.7 Å². The highest BCUT2D eigenvalue weighted by molar-refractivity contribution is 6.32. The highest BCUT2D eigenvalue weighted by atomic mass is 16.4. The number of ketones is 2. The summed E-state index contributed by atoms with van der Waals surface area (Å²) in [6.07, 6.45) is 0.265. The molecule has 3 aromatic rings. The predicted octanol–water partition coefficient (Wildman–Crippen LogP) is 2.32. The molecule has 0 spiro atoms. The van der Waals surface area contributed by atoms with E-state index < -0.39 is 68.4 Å². The molecule has 0 aromatic heterocycles. The molecular formula is C26H19NO10. The maximum atomic E-state index is 13.5. The lowest BCUT2D eigenvalue weighted by Gasteiger charge is -2.23. The van der Waals surface area contributed by atoms with Crippen molar-refractivity contribution < 1.29 is 49.5 Å². The fourth-order valence-electron chi connectivity index (χ4n) is 4.47. The fraction of sp³-hybridized carbons (Fsp3) is 0.115. The Hall–Kier alpha value is -5.19. The lowest BCUT2D eigenvalue weighted by atomic mass is 9.78. The number of nitrogens with one attached hydrogen (secondary N) is 1. The Bertz CT molecular complexity index is 1550. The Labute approximate surface area is 208 Å². The van der Waals surface area contributed by atoms with Crippen molar-refractivity contribution in [2.24, 2.45) is 0 Å². The summed E-state index contributed by atoms with van der Waals surface area (Å²) in [6, 6.07) is 7.60. The van der Waals surface area contributed by atoms with Gasteiger partial charge in [-0.15, -0.1) is 0 Å². The third-order valence-electron chi connectivity index (χ3n) is 5.98. The summed E-state index contributed by atoms with van der Waals surface area (Å²) in [5.74, 6) is -7.89. The molecule has 0 atom stereocenters. The van der Waals surface area contributed by atoms with Crippen LogP contribution in [-0.2, 0) is 11.2 Å². The quantitative estimate of drug-likeness (QED) is 0.226. The molecule has 11 nitrogen and oxygen atoms in total. The zero-order valence-electron chi connectivity index (χ0n) is 19.2. The second-order valence-corrected chi connectivity index (χ2v) is 8.30. The Kier molecular flexibility index (Phi) is 6.14. The van der Waals surface area contributed by atoms with Crippen molar-refractivity contribution in [3.8, 4) is 28.4 Å². The second kappa shape index (κ2) is 9.11. The van der Waals surface area contributed by atoms with Crippen LogP contribution in [0.4, 0.5) is 0 Å². The van der Waals surface area contributed by atoms with Crippen LogP contribution in [0.15, 0.2) is 36.4 Å². The third-order valence-corrected chi connectivity index (χ3v) is 5.98. The molecule has 0 heterocycles. The molecule has 0 saturated carbocycles. The van der Waals surface area contributed by atoms with Gasteiger partial charge in [-0.2, -0.15) is 0 Å². The smallest absolute Gasteiger partial charge is 0.340 e. The van der Waals surface area contributed by atoms with Gasteiger partial charge in [0.1, 0.15) is 22.8 Å². The molecule has 0 aliphatic heterocycles. The van der Waals surface area contributed by atoms with Crippen LogP contribution in [0.5, 0.6) is 17.2 Å². The molecular weight excluding hydrogens is 486 g/mol. The monoisotopic (exact) mass is 505 g/mol. The SMILES string of the molecule is CC(=O)NCCc1cccc(O)c1-c1cc(O)c2c(c1)C(=O)c1c(cc(O)c(C(=O)O)c1C(=O)O)C2=O. The molecule has 188 valence electrons. The number of hydrogen-bond donors (Lipinski definition) is 6. The molecule has 1 amide bonds. The van der Waals surface area contributed by atoms with Gasteiger partial charge >= 0.3 is 11.9 Å². The lowest BCUT2D eigenvalue weighted by molar-refractivity contribution is -0.118. The van der Waals surface area contributed by atoms with E-state index in [2.05, 4.69) is 5.32 Å². The van der Waals surface area contributed by atoms with Crippen molar-refractivity contribution in [2.75, 3.05) is 6.54 Å². The molecule has 1 aliphatic rings. The topological polar surface area (TPSA) is 199 Å². The summed E-state index contributed by atoms with van der Waals surface area (Å²) in [7, 11) is 0. The van der Waals surface area contributed by atoms with Gasteiger partial charge in [-0.3, -0.25) is 14.4 Å². The van der Waals surface area contributed by atoms with Crippen molar-refractivity contribution in [1.29, 1.82) is 0 Å². The number of rotatable bonds is 6. The number of fused-ring (bicyclic) bond motifs is 2. The molecule has 0 saturated heterocycles. The number of phenolic OH excluding ortho intramolecular Hbond substituents is 2. The summed E-state index contributed by atoms with van der Waals surface area (Å²) in [5.41, 5.74) is -3.44. The van der Waals surface area contributed by atoms with Gasteiger partial charge in [0.25, 0.3) is 0 Å². The van der Waals surface area contributed by atoms with Crippen molar-refractivity contribution in [1.82, 2.24) is 5.32 Å². The Morgan fingerprint density at radius 2 is 1.38 bits per heavy atom. The van der Waals surface area contributed by atoms with Crippen LogP contribution < -0.4 is 5.32 Å². The number of aromatic hydroxyl groups is 3. The van der Waals surface area contributed by atoms with Crippen LogP contribution in [0.1, 0.15) is 65.0 Å². The molecule has 0 radical (unpaired) electrons. The summed E-state index contributed by atoms with van der Waals surface area (Å²) in [4.78, 5) is 61.6. The average molecular weight is 505 g/mol. The first-order chi connectivity index (χ1) is 17.4. The molecule has 3 aromatic carbocycles. The molecule has 0 bridgehead atoms. The zero-order chi connectivity index (χ0) is 27.2. The van der Waals surface area contributed by atoms with Crippen molar-refractivity contribution in [3.63, 3.8) is 0 Å². The Morgan fingerprint density at radius 1 is 0.757 bits per heavy atom. The van der Waals surface area contributed by atoms with E-state index in [0.29, 0.717) is 11.6 Å². The Balaban J connectivity index is 1.95. The number of carboxylic acid groups (broad SMARTS) is 2. The fourth-order valence-corrected chi connectivity index (χ4v) is 4.47. The van der Waals surface area contributed by atoms with Crippen molar-refractivity contribution >= 4 is 29.4 Å². The zero-order valence-corrected chi connectivity index (χ0v) is 19.2. The second-order valence-electron chi connectivity index (χ2n) is 8.30. The normalized spacial score (nSPS) is 12.0. The van der Waals surface area contributed by atoms with E-state index in [1.165, 1.54) is 19.1 Å². The molecule has 0 fully saturated rings. The predicted molar refractivity (Wildman–Crippen MR) is 126 cm³/mol. The maximum Gasteiger partial charge on any atom is 0.340 e. The average Bonchev–Trinajstić information content (AvgIpc) is 2.80. The number of phenols is 3. The number of hydrogen-bond acceptors (Lipinski definition) is 8. The number of carbonyl (C=O) groups is 5. The van der Waals surface area contributed by atoms with E-state index in [0.717, 1.165) is 6.07 Å². The van der Waals surface area contributed by atoms with Gasteiger partial charge in [-0.05, 0) is 41.8 Å². The van der Waals surface area contributed by atoms with E-state index in [4.69, 9.17) is 0 Å². The standard InChI is InChI=1S/C26H19NO10/c1-10(28)27-6-5-11-3-2-4-15(29)18(11)12-7-13-19(16(30)8-12)23(32)14-9-17(31)21(25(34)35)22(26(36)37)20(14)24(13)33/h2-4,7-9,29-31H,5-6H2,1H3,(H,27,28)(H,34,35)(H,36,37). The lowest BCUT2D eigenvalue weighted by Crippen LogP contribution is -2.26. The highest BCUT2D eigenvalue weighted by Crippen LogP contribution is 2.42. The number of aromatic carboxylic acids is 2. The van der Waals surface area contributed by atoms with Crippen LogP contribution in [-0.4, -0.2) is 61.5 Å². The van der Waals surface area contributed by atoms with Crippen molar-refractivity contribution in [3.05, 3.63) is 75.3 Å². The molecule has 11 heteroatoms. The molecule has 37 heavy (non-hydrogen) atoms. The first-order valence-corrected chi connectivity index (χ1v) is 10.8. The van der Waals surface area contributed by atoms with Crippen LogP contribution in [0.2, 0.25) is 0 Å². The summed E-state index contributed by atoms with van der Waals surface area (Å²) >= 11 is 0. The molecule has 6 N–H and O–H groups in total. The van der Waals surface area contributed by atoms with Gasteiger partial charge in [0, 0.05) is 35.7 Å². The number of amides is 1. The van der Waals surface area contributed by atoms with Gasteiger partial charge in [-0.1, -0.05) is 12.1 Å². The summed E-state index contributed by atoms with van der Waals surface area (Å²) in [6.45, 7) is 1.56. The van der Waals surface area contributed by atoms with Gasteiger partial charge in [0.05, 0.1) is 11.1 Å². The first kappa shape index (κ1) is 24.9. The maximum absolute atomic E-state index is 13.5. The first-order valence-electron chi connectivity index (χ1n) is 10.8. The van der Waals surface area contributed by atoms with Gasteiger partial charge in [-0.25, -0.2) is 9.59 Å². The third kappa shape index (κ3) is 4.12. The minimum absolute atomic E-state index is 0.117. The van der Waals surface area contributed by atoms with Crippen LogP contribution in [0.25, 0.3) is 11.1 Å². The minimum atomic E-state index is -1.85. The number of carboxylic acids is 2. The Morgan fingerprint density at radius 3 is 2.00 bits per heavy atom. The molecule has 1 aliphatic carbocycles. The van der Waals surface area contributed by atoms with E-state index in [1.807, 2.05) is 0 Å². The van der Waals surface area contributed by atoms with Crippen LogP contribution in [0.3, 0.4) is 0 Å². The van der Waals surface area contributed by atoms with Gasteiger partial charge < -0.3 is 30.8 Å². The number of benzene rings is 3. The molecule has 4 rings (SSSR count). The summed E-state index contributed by atoms with van der Waals surface area (Å²) < 4.78 is 0. The minimum Gasteiger partial charge on any atom is -0.507 e. The van der Waals surface area contributed by atoms with Gasteiger partial charge in [0.15, 0.2) is 11.6 Å². The summed E-state index contributed by atoms with van der Waals surface area (Å²) in [5, 5.41) is 53.2. The van der Waals surface area contributed by atoms with Gasteiger partial charge in [0.2, 0.25) is 5.91 Å². The van der Waals surface area contributed by atoms with E-state index >= 15 is 0 Å². The molecule has 0 unspecified atom stereocenters. The van der Waals surface area contributed by atoms with Crippen LogP contribution >= 0.6 is 0 Å². The number of carbonyl (C=O) groups excluding carboxylic acids is 3. The van der Waals surface area contributed by atoms with Crippen LogP contribution in [0, 0.1) is 0 Å². The van der Waals surface area contributed by atoms with E-state index in [1.54, 1.807) is 12.1 Å². The largest absolute Gasteiger partial charge is 0.507 e.